The fourth-order valence-corrected chi connectivity index (χ4v) is 3.63. The molecule has 2 aromatic rings. The van der Waals surface area contributed by atoms with Gasteiger partial charge in [-0.15, -0.1) is 0 Å². The van der Waals surface area contributed by atoms with E-state index in [1.54, 1.807) is 0 Å². The largest absolute Gasteiger partial charge is 0.216 e. The number of nitrogens with one attached hydrogen (secondary N) is 1. The van der Waals surface area contributed by atoms with Crippen molar-refractivity contribution < 1.29 is 8.42 Å². The maximum atomic E-state index is 12.3. The third-order valence-corrected chi connectivity index (χ3v) is 4.80. The van der Waals surface area contributed by atoms with Crippen LogP contribution in [-0.2, 0) is 15.8 Å². The summed E-state index contributed by atoms with van der Waals surface area (Å²) >= 11 is 0. The number of hydrogen-bond acceptors (Lipinski definition) is 2. The predicted molar refractivity (Wildman–Crippen MR) is 86.5 cm³/mol. The zero-order valence-corrected chi connectivity index (χ0v) is 13.4. The second kappa shape index (κ2) is 6.41. The van der Waals surface area contributed by atoms with Crippen LogP contribution >= 0.6 is 0 Å². The van der Waals surface area contributed by atoms with Gasteiger partial charge in [-0.3, -0.25) is 0 Å². The third kappa shape index (κ3) is 4.69. The van der Waals surface area contributed by atoms with E-state index in [1.807, 2.05) is 69.3 Å². The van der Waals surface area contributed by atoms with Gasteiger partial charge in [0.2, 0.25) is 10.0 Å². The highest BCUT2D eigenvalue weighted by Crippen LogP contribution is 2.16. The van der Waals surface area contributed by atoms with E-state index in [4.69, 9.17) is 0 Å². The SMILES string of the molecule is Cc1ccc([C@@H](C)NS(=O)(=O)Cc2cccc(C)c2)cc1. The molecule has 0 aliphatic heterocycles. The lowest BCUT2D eigenvalue weighted by Crippen LogP contribution is -2.28. The first-order chi connectivity index (χ1) is 9.85. The first kappa shape index (κ1) is 15.7. The summed E-state index contributed by atoms with van der Waals surface area (Å²) in [4.78, 5) is 0. The molecular weight excluding hydrogens is 282 g/mol. The first-order valence-electron chi connectivity index (χ1n) is 6.98. The number of sulfonamides is 1. The summed E-state index contributed by atoms with van der Waals surface area (Å²) in [5.41, 5.74) is 4.00. The van der Waals surface area contributed by atoms with E-state index in [-0.39, 0.29) is 11.8 Å². The molecular formula is C17H21NO2S. The van der Waals surface area contributed by atoms with Gasteiger partial charge < -0.3 is 0 Å². The molecule has 3 nitrogen and oxygen atoms in total. The Morgan fingerprint density at radius 2 is 1.67 bits per heavy atom. The Hall–Kier alpha value is -1.65. The zero-order chi connectivity index (χ0) is 15.5. The maximum absolute atomic E-state index is 12.3. The van der Waals surface area contributed by atoms with Gasteiger partial charge in [0.1, 0.15) is 0 Å². The van der Waals surface area contributed by atoms with Crippen LogP contribution in [0.25, 0.3) is 0 Å². The van der Waals surface area contributed by atoms with E-state index in [9.17, 15) is 8.42 Å². The van der Waals surface area contributed by atoms with Crippen molar-refractivity contribution in [3.8, 4) is 0 Å². The van der Waals surface area contributed by atoms with Crippen LogP contribution in [0.15, 0.2) is 48.5 Å². The monoisotopic (exact) mass is 303 g/mol. The van der Waals surface area contributed by atoms with Crippen LogP contribution in [0.5, 0.6) is 0 Å². The molecule has 0 radical (unpaired) electrons. The number of benzene rings is 2. The molecule has 0 bridgehead atoms. The minimum Gasteiger partial charge on any atom is -0.212 e. The van der Waals surface area contributed by atoms with Gasteiger partial charge in [-0.2, -0.15) is 0 Å². The standard InChI is InChI=1S/C17H21NO2S/c1-13-7-9-17(10-8-13)15(3)18-21(19,20)12-16-6-4-5-14(2)11-16/h4-11,15,18H,12H2,1-3H3/t15-/m1/s1. The second-order valence-electron chi connectivity index (χ2n) is 5.50. The topological polar surface area (TPSA) is 46.2 Å². The van der Waals surface area contributed by atoms with Crippen molar-refractivity contribution in [2.45, 2.75) is 32.6 Å². The van der Waals surface area contributed by atoms with Gasteiger partial charge in [0.25, 0.3) is 0 Å². The van der Waals surface area contributed by atoms with E-state index in [2.05, 4.69) is 4.72 Å². The molecule has 0 saturated carbocycles. The normalized spacial score (nSPS) is 13.1. The molecule has 0 unspecified atom stereocenters. The Morgan fingerprint density at radius 1 is 1.00 bits per heavy atom. The zero-order valence-electron chi connectivity index (χ0n) is 12.6. The summed E-state index contributed by atoms with van der Waals surface area (Å²) in [6, 6.07) is 15.2. The second-order valence-corrected chi connectivity index (χ2v) is 7.25. The van der Waals surface area contributed by atoms with Crippen LogP contribution in [0.1, 0.15) is 35.2 Å². The minimum absolute atomic E-state index is 0.00484. The average Bonchev–Trinajstić information content (AvgIpc) is 2.38. The van der Waals surface area contributed by atoms with Gasteiger partial charge in [0, 0.05) is 6.04 Å². The summed E-state index contributed by atoms with van der Waals surface area (Å²) < 4.78 is 27.2. The minimum atomic E-state index is -3.36. The molecule has 0 spiro atoms. The number of aryl methyl sites for hydroxylation is 2. The van der Waals surface area contributed by atoms with Crippen LogP contribution in [0.2, 0.25) is 0 Å². The van der Waals surface area contributed by atoms with Crippen LogP contribution < -0.4 is 4.72 Å². The molecule has 0 aliphatic rings. The molecule has 112 valence electrons. The van der Waals surface area contributed by atoms with Gasteiger partial charge >= 0.3 is 0 Å². The highest BCUT2D eigenvalue weighted by atomic mass is 32.2. The molecule has 0 aliphatic carbocycles. The van der Waals surface area contributed by atoms with Crippen molar-refractivity contribution in [3.05, 3.63) is 70.8 Å². The lowest BCUT2D eigenvalue weighted by Gasteiger charge is -2.15. The molecule has 2 rings (SSSR count). The Morgan fingerprint density at radius 3 is 2.29 bits per heavy atom. The Balaban J connectivity index is 2.08. The smallest absolute Gasteiger partial charge is 0.212 e. The lowest BCUT2D eigenvalue weighted by atomic mass is 10.1. The molecule has 0 heterocycles. The molecule has 1 N–H and O–H groups in total. The lowest BCUT2D eigenvalue weighted by molar-refractivity contribution is 0.566. The molecule has 0 amide bonds. The van der Waals surface area contributed by atoms with Crippen LogP contribution in [0, 0.1) is 13.8 Å². The third-order valence-electron chi connectivity index (χ3n) is 3.37. The van der Waals surface area contributed by atoms with E-state index in [0.29, 0.717) is 0 Å². The van der Waals surface area contributed by atoms with E-state index in [0.717, 1.165) is 22.3 Å². The van der Waals surface area contributed by atoms with Crippen molar-refractivity contribution in [3.63, 3.8) is 0 Å². The Kier molecular flexibility index (Phi) is 4.80. The maximum Gasteiger partial charge on any atom is 0.216 e. The molecule has 0 saturated heterocycles. The molecule has 2 aromatic carbocycles. The van der Waals surface area contributed by atoms with Gasteiger partial charge in [-0.25, -0.2) is 13.1 Å². The van der Waals surface area contributed by atoms with E-state index in [1.165, 1.54) is 0 Å². The summed E-state index contributed by atoms with van der Waals surface area (Å²) in [7, 11) is -3.36. The van der Waals surface area contributed by atoms with Crippen molar-refractivity contribution in [2.75, 3.05) is 0 Å². The van der Waals surface area contributed by atoms with Crippen molar-refractivity contribution in [2.24, 2.45) is 0 Å². The Bertz CT molecular complexity index is 706. The van der Waals surface area contributed by atoms with Crippen molar-refractivity contribution in [1.29, 1.82) is 0 Å². The van der Waals surface area contributed by atoms with Gasteiger partial charge in [-0.05, 0) is 31.9 Å². The fourth-order valence-electron chi connectivity index (χ4n) is 2.26. The molecule has 4 heteroatoms. The number of hydrogen-bond donors (Lipinski definition) is 1. The van der Waals surface area contributed by atoms with E-state index < -0.39 is 10.0 Å². The Labute approximate surface area is 127 Å². The summed E-state index contributed by atoms with van der Waals surface area (Å²) in [6.07, 6.45) is 0. The molecule has 1 atom stereocenters. The molecule has 21 heavy (non-hydrogen) atoms. The van der Waals surface area contributed by atoms with Crippen LogP contribution in [0.4, 0.5) is 0 Å². The van der Waals surface area contributed by atoms with Crippen LogP contribution in [0.3, 0.4) is 0 Å². The summed E-state index contributed by atoms with van der Waals surface area (Å²) in [6.45, 7) is 5.83. The predicted octanol–water partition coefficient (Wildman–Crippen LogP) is 3.48. The fraction of sp³-hybridized carbons (Fsp3) is 0.294. The van der Waals surface area contributed by atoms with Gasteiger partial charge in [0.15, 0.2) is 0 Å². The van der Waals surface area contributed by atoms with E-state index >= 15 is 0 Å². The van der Waals surface area contributed by atoms with Crippen molar-refractivity contribution in [1.82, 2.24) is 4.72 Å². The first-order valence-corrected chi connectivity index (χ1v) is 8.63. The highest BCUT2D eigenvalue weighted by Gasteiger charge is 2.16. The van der Waals surface area contributed by atoms with Crippen LogP contribution in [-0.4, -0.2) is 8.42 Å². The quantitative estimate of drug-likeness (QED) is 0.919. The molecule has 0 fully saturated rings. The van der Waals surface area contributed by atoms with Gasteiger partial charge in [0.05, 0.1) is 5.75 Å². The highest BCUT2D eigenvalue weighted by molar-refractivity contribution is 7.88. The number of rotatable bonds is 5. The summed E-state index contributed by atoms with van der Waals surface area (Å²) in [5.74, 6) is 0.00484. The average molecular weight is 303 g/mol. The van der Waals surface area contributed by atoms with Gasteiger partial charge in [-0.1, -0.05) is 59.7 Å². The van der Waals surface area contributed by atoms with Crippen molar-refractivity contribution >= 4 is 10.0 Å². The molecule has 0 aromatic heterocycles. The summed E-state index contributed by atoms with van der Waals surface area (Å²) in [5, 5.41) is 0.